The van der Waals surface area contributed by atoms with Crippen molar-refractivity contribution < 1.29 is 19.1 Å². The minimum atomic E-state index is -0.885. The van der Waals surface area contributed by atoms with Gasteiger partial charge in [0.25, 0.3) is 5.91 Å². The summed E-state index contributed by atoms with van der Waals surface area (Å²) in [6.07, 6.45) is 2.78. The van der Waals surface area contributed by atoms with Crippen LogP contribution in [0.2, 0.25) is 0 Å². The monoisotopic (exact) mass is 802 g/mol. The van der Waals surface area contributed by atoms with Gasteiger partial charge in [0.15, 0.2) is 0 Å². The highest BCUT2D eigenvalue weighted by atomic mass is 16.5. The first-order valence-electron chi connectivity index (χ1n) is 21.6. The van der Waals surface area contributed by atoms with Gasteiger partial charge in [-0.1, -0.05) is 108 Å². The molecule has 4 heterocycles. The zero-order valence-corrected chi connectivity index (χ0v) is 35.4. The van der Waals surface area contributed by atoms with Crippen LogP contribution in [0.5, 0.6) is 0 Å². The van der Waals surface area contributed by atoms with Gasteiger partial charge in [-0.3, -0.25) is 14.6 Å². The number of aromatic nitrogens is 2. The Balaban J connectivity index is 0.977. The molecule has 3 amide bonds. The highest BCUT2D eigenvalue weighted by Gasteiger charge is 2.42. The molecular formula is C50H54N6O4. The first-order chi connectivity index (χ1) is 29.0. The van der Waals surface area contributed by atoms with Gasteiger partial charge in [0, 0.05) is 36.5 Å². The highest BCUT2D eigenvalue weighted by Crippen LogP contribution is 2.41. The Morgan fingerprint density at radius 1 is 0.833 bits per heavy atom. The lowest BCUT2D eigenvalue weighted by atomic mass is 9.93. The molecule has 9 rings (SSSR count). The third kappa shape index (κ3) is 7.09. The number of amides is 3. The molecule has 6 atom stereocenters. The number of carbonyl (C=O) groups is 3. The summed E-state index contributed by atoms with van der Waals surface area (Å²) >= 11 is 0. The van der Waals surface area contributed by atoms with Crippen LogP contribution in [-0.2, 0) is 20.7 Å². The second-order valence-corrected chi connectivity index (χ2v) is 17.7. The summed E-state index contributed by atoms with van der Waals surface area (Å²) in [4.78, 5) is 58.2. The summed E-state index contributed by atoms with van der Waals surface area (Å²) in [7, 11) is 1.30. The van der Waals surface area contributed by atoms with Gasteiger partial charge in [-0.05, 0) is 93.3 Å². The van der Waals surface area contributed by atoms with Gasteiger partial charge < -0.3 is 24.8 Å². The molecule has 6 aromatic rings. The summed E-state index contributed by atoms with van der Waals surface area (Å²) in [5.41, 5.74) is 8.12. The van der Waals surface area contributed by atoms with Gasteiger partial charge in [0.2, 0.25) is 5.91 Å². The van der Waals surface area contributed by atoms with Crippen molar-refractivity contribution in [2.45, 2.75) is 78.4 Å². The molecule has 10 nitrogen and oxygen atoms in total. The number of likely N-dealkylation sites (tertiary alicyclic amines) is 2. The SMILES string of the molecule is CC[C@H]1C[C@@H](c2nc3c(ccc4cc(-c5ccc6c7c(ccc6c5)N=C([C@@H]5C[C@H](C)CN5C(=O)[C@@H](C)C(C)C)C7)ccc43)[nH]2)N(C(=O)[C@H](NC(=O)OC)c2ccccc2)C1. The molecule has 0 unspecified atom stereocenters. The van der Waals surface area contributed by atoms with Gasteiger partial charge in [-0.25, -0.2) is 9.78 Å². The van der Waals surface area contributed by atoms with E-state index in [0.29, 0.717) is 29.9 Å². The van der Waals surface area contributed by atoms with E-state index < -0.39 is 12.1 Å². The van der Waals surface area contributed by atoms with E-state index in [1.165, 1.54) is 23.4 Å². The maximum Gasteiger partial charge on any atom is 0.407 e. The highest BCUT2D eigenvalue weighted by molar-refractivity contribution is 6.07. The number of ether oxygens (including phenoxy) is 1. The number of nitrogens with zero attached hydrogens (tertiary/aromatic N) is 4. The van der Waals surface area contributed by atoms with Gasteiger partial charge in [-0.15, -0.1) is 0 Å². The fourth-order valence-corrected chi connectivity index (χ4v) is 9.73. The Labute approximate surface area is 351 Å². The number of methoxy groups -OCH3 is 1. The van der Waals surface area contributed by atoms with Crippen LogP contribution in [-0.4, -0.2) is 69.6 Å². The third-order valence-electron chi connectivity index (χ3n) is 13.5. The Morgan fingerprint density at radius 3 is 2.25 bits per heavy atom. The lowest BCUT2D eigenvalue weighted by Gasteiger charge is -2.29. The Kier molecular flexibility index (Phi) is 10.4. The number of nitrogens with one attached hydrogen (secondary N) is 2. The molecule has 5 aromatic carbocycles. The molecule has 0 saturated carbocycles. The van der Waals surface area contributed by atoms with Crippen molar-refractivity contribution in [3.8, 4) is 11.1 Å². The number of benzene rings is 5. The Bertz CT molecular complexity index is 2670. The van der Waals surface area contributed by atoms with Gasteiger partial charge >= 0.3 is 6.09 Å². The molecule has 0 radical (unpaired) electrons. The number of hydrogen-bond donors (Lipinski definition) is 2. The van der Waals surface area contributed by atoms with Crippen LogP contribution >= 0.6 is 0 Å². The molecule has 308 valence electrons. The van der Waals surface area contributed by atoms with E-state index in [2.05, 4.69) is 110 Å². The van der Waals surface area contributed by atoms with Crippen molar-refractivity contribution in [1.29, 1.82) is 0 Å². The van der Waals surface area contributed by atoms with E-state index >= 15 is 0 Å². The molecule has 2 fully saturated rings. The lowest BCUT2D eigenvalue weighted by molar-refractivity contribution is -0.136. The summed E-state index contributed by atoms with van der Waals surface area (Å²) in [5, 5.41) is 7.28. The van der Waals surface area contributed by atoms with Crippen molar-refractivity contribution in [3.05, 3.63) is 108 Å². The van der Waals surface area contributed by atoms with E-state index in [9.17, 15) is 14.4 Å². The molecule has 3 aliphatic heterocycles. The van der Waals surface area contributed by atoms with Crippen LogP contribution in [0.4, 0.5) is 10.5 Å². The molecule has 3 aliphatic rings. The number of H-pyrrole nitrogens is 1. The first-order valence-corrected chi connectivity index (χ1v) is 21.6. The van der Waals surface area contributed by atoms with Gasteiger partial charge in [-0.2, -0.15) is 0 Å². The molecule has 1 aromatic heterocycles. The van der Waals surface area contributed by atoms with E-state index in [0.717, 1.165) is 82.4 Å². The largest absolute Gasteiger partial charge is 0.453 e. The topological polar surface area (TPSA) is 120 Å². The second kappa shape index (κ2) is 15.9. The molecule has 0 spiro atoms. The van der Waals surface area contributed by atoms with Crippen molar-refractivity contribution >= 4 is 61.9 Å². The maximum absolute atomic E-state index is 14.3. The zero-order chi connectivity index (χ0) is 41.8. The number of hydrogen-bond acceptors (Lipinski definition) is 6. The molecule has 10 heteroatoms. The van der Waals surface area contributed by atoms with E-state index in [-0.39, 0.29) is 29.8 Å². The number of aromatic amines is 1. The number of alkyl carbamates (subject to hydrolysis) is 1. The van der Waals surface area contributed by atoms with Gasteiger partial charge in [0.05, 0.1) is 35.9 Å². The minimum absolute atomic E-state index is 0.00838. The van der Waals surface area contributed by atoms with E-state index in [1.54, 1.807) is 0 Å². The number of fused-ring (bicyclic) bond motifs is 6. The van der Waals surface area contributed by atoms with Crippen LogP contribution < -0.4 is 5.32 Å². The summed E-state index contributed by atoms with van der Waals surface area (Å²) in [6.45, 7) is 12.1. The quantitative estimate of drug-likeness (QED) is 0.151. The molecule has 2 saturated heterocycles. The predicted molar refractivity (Wildman–Crippen MR) is 238 cm³/mol. The number of imidazole rings is 1. The number of rotatable bonds is 9. The minimum Gasteiger partial charge on any atom is -0.453 e. The zero-order valence-electron chi connectivity index (χ0n) is 35.4. The summed E-state index contributed by atoms with van der Waals surface area (Å²) in [6, 6.07) is 30.0. The smallest absolute Gasteiger partial charge is 0.407 e. The molecular weight excluding hydrogens is 749 g/mol. The predicted octanol–water partition coefficient (Wildman–Crippen LogP) is 10.1. The molecule has 2 N–H and O–H groups in total. The first kappa shape index (κ1) is 39.4. The summed E-state index contributed by atoms with van der Waals surface area (Å²) < 4.78 is 4.91. The van der Waals surface area contributed by atoms with Crippen molar-refractivity contribution in [2.24, 2.45) is 28.7 Å². The maximum atomic E-state index is 14.3. The Morgan fingerprint density at radius 2 is 1.53 bits per heavy atom. The van der Waals surface area contributed by atoms with Gasteiger partial charge in [0.1, 0.15) is 11.9 Å². The normalized spacial score (nSPS) is 21.1. The third-order valence-corrected chi connectivity index (χ3v) is 13.5. The summed E-state index contributed by atoms with van der Waals surface area (Å²) in [5.74, 6) is 1.86. The molecule has 0 bridgehead atoms. The molecule has 0 aliphatic carbocycles. The van der Waals surface area contributed by atoms with Crippen molar-refractivity contribution in [3.63, 3.8) is 0 Å². The lowest BCUT2D eigenvalue weighted by Crippen LogP contribution is -2.44. The van der Waals surface area contributed by atoms with Crippen molar-refractivity contribution in [2.75, 3.05) is 20.2 Å². The van der Waals surface area contributed by atoms with Crippen LogP contribution in [0.3, 0.4) is 0 Å². The Hall–Kier alpha value is -6.03. The average molecular weight is 803 g/mol. The van der Waals surface area contributed by atoms with E-state index in [1.807, 2.05) is 35.2 Å². The standard InChI is InChI=1S/C50H54N6O4/c1-7-31-22-44(56(27-31)49(58)45(54-50(59)60-6)32-11-9-8-10-12-32)47-52-41-20-16-36-24-34(14-18-38(36)46(41)53-47)33-13-17-37-35(23-33)15-19-40-39(37)25-42(51-40)43-21-29(4)26-55(43)48(57)30(5)28(2)3/h8-20,23-24,28-31,43-45H,7,21-22,25-27H2,1-6H3,(H,52,53)(H,54,59)/t29-,30-,31-,43-,44-,45+/m0/s1. The second-order valence-electron chi connectivity index (χ2n) is 17.7. The van der Waals surface area contributed by atoms with Crippen LogP contribution in [0, 0.1) is 23.7 Å². The average Bonchev–Trinajstić information content (AvgIpc) is 4.09. The number of carbonyl (C=O) groups excluding carboxylic acids is 3. The number of aliphatic imine (C=N–C) groups is 1. The van der Waals surface area contributed by atoms with Crippen molar-refractivity contribution in [1.82, 2.24) is 25.1 Å². The molecule has 60 heavy (non-hydrogen) atoms. The van der Waals surface area contributed by atoms with Crippen LogP contribution in [0.25, 0.3) is 43.7 Å². The van der Waals surface area contributed by atoms with E-state index in [4.69, 9.17) is 14.7 Å². The van der Waals surface area contributed by atoms with Crippen LogP contribution in [0.1, 0.15) is 82.9 Å². The fraction of sp³-hybridized carbons (Fsp3) is 0.380. The fourth-order valence-electron chi connectivity index (χ4n) is 9.73. The van der Waals surface area contributed by atoms with Crippen LogP contribution in [0.15, 0.2) is 96.0 Å².